The van der Waals surface area contributed by atoms with Gasteiger partial charge in [-0.25, -0.2) is 4.68 Å². The molecule has 0 fully saturated rings. The van der Waals surface area contributed by atoms with Crippen LogP contribution in [0.1, 0.15) is 55.1 Å². The summed E-state index contributed by atoms with van der Waals surface area (Å²) in [5.74, 6) is 0. The zero-order chi connectivity index (χ0) is 13.9. The molecule has 0 spiro atoms. The summed E-state index contributed by atoms with van der Waals surface area (Å²) in [6, 6.07) is 8.76. The minimum Gasteiger partial charge on any atom is -0.237 e. The van der Waals surface area contributed by atoms with Crippen molar-refractivity contribution in [3.05, 3.63) is 46.8 Å². The summed E-state index contributed by atoms with van der Waals surface area (Å²) in [5, 5.41) is 4.92. The summed E-state index contributed by atoms with van der Waals surface area (Å²) in [5.41, 5.74) is 6.88. The number of aromatic nitrogens is 2. The van der Waals surface area contributed by atoms with E-state index in [1.54, 1.807) is 5.56 Å². The van der Waals surface area contributed by atoms with Gasteiger partial charge in [-0.2, -0.15) is 5.10 Å². The average molecular weight is 268 g/mol. The predicted molar refractivity (Wildman–Crippen MR) is 83.6 cm³/mol. The van der Waals surface area contributed by atoms with Gasteiger partial charge in [0.2, 0.25) is 0 Å². The molecule has 0 bridgehead atoms. The quantitative estimate of drug-likeness (QED) is 0.803. The van der Waals surface area contributed by atoms with Crippen molar-refractivity contribution in [2.75, 3.05) is 0 Å². The number of hydrogen-bond donors (Lipinski definition) is 0. The third-order valence-corrected chi connectivity index (χ3v) is 4.31. The van der Waals surface area contributed by atoms with Crippen LogP contribution in [-0.4, -0.2) is 9.78 Å². The Hall–Kier alpha value is -1.57. The van der Waals surface area contributed by atoms with Crippen molar-refractivity contribution < 1.29 is 0 Å². The second-order valence-corrected chi connectivity index (χ2v) is 5.93. The van der Waals surface area contributed by atoms with Crippen LogP contribution in [0, 0.1) is 6.92 Å². The number of benzene rings is 1. The fourth-order valence-electron chi connectivity index (χ4n) is 3.12. The molecule has 1 heterocycles. The van der Waals surface area contributed by atoms with E-state index in [-0.39, 0.29) is 0 Å². The van der Waals surface area contributed by atoms with Crippen LogP contribution in [0.25, 0.3) is 5.69 Å². The molecule has 1 aromatic heterocycles. The Bertz CT molecular complexity index is 578. The number of nitrogens with zero attached hydrogens (tertiary/aromatic N) is 2. The molecule has 3 rings (SSSR count). The van der Waals surface area contributed by atoms with Crippen molar-refractivity contribution in [1.82, 2.24) is 9.78 Å². The smallest absolute Gasteiger partial charge is 0.0663 e. The van der Waals surface area contributed by atoms with Gasteiger partial charge < -0.3 is 0 Å². The molecule has 2 nitrogen and oxygen atoms in total. The van der Waals surface area contributed by atoms with E-state index in [1.807, 2.05) is 0 Å². The number of unbranched alkanes of at least 4 members (excludes halogenated alkanes) is 1. The molecule has 2 aromatic rings. The van der Waals surface area contributed by atoms with E-state index in [4.69, 9.17) is 5.10 Å². The van der Waals surface area contributed by atoms with Gasteiger partial charge in [0.05, 0.1) is 11.4 Å². The minimum absolute atomic E-state index is 1.16. The zero-order valence-electron chi connectivity index (χ0n) is 12.7. The molecule has 20 heavy (non-hydrogen) atoms. The van der Waals surface area contributed by atoms with E-state index in [2.05, 4.69) is 42.8 Å². The van der Waals surface area contributed by atoms with Crippen molar-refractivity contribution in [2.24, 2.45) is 0 Å². The molecule has 0 amide bonds. The van der Waals surface area contributed by atoms with E-state index in [1.165, 1.54) is 54.7 Å². The third kappa shape index (κ3) is 2.52. The Labute approximate surface area is 121 Å². The summed E-state index contributed by atoms with van der Waals surface area (Å²) in [6.07, 6.45) is 8.66. The van der Waals surface area contributed by atoms with Crippen molar-refractivity contribution >= 4 is 0 Å². The van der Waals surface area contributed by atoms with Gasteiger partial charge in [-0.3, -0.25) is 0 Å². The minimum atomic E-state index is 1.16. The normalized spacial score (nSPS) is 14.3. The Morgan fingerprint density at radius 2 is 1.85 bits per heavy atom. The molecule has 106 valence electrons. The molecular formula is C18H24N2. The molecule has 1 aliphatic rings. The van der Waals surface area contributed by atoms with Crippen LogP contribution in [-0.2, 0) is 19.3 Å². The monoisotopic (exact) mass is 268 g/mol. The van der Waals surface area contributed by atoms with Gasteiger partial charge in [0.1, 0.15) is 0 Å². The first kappa shape index (κ1) is 13.4. The zero-order valence-corrected chi connectivity index (χ0v) is 12.7. The van der Waals surface area contributed by atoms with E-state index in [9.17, 15) is 0 Å². The SMILES string of the molecule is CCCCc1c2c(nn1-c1ccc(C)cc1)CCCC2. The second kappa shape index (κ2) is 5.82. The maximum Gasteiger partial charge on any atom is 0.0663 e. The van der Waals surface area contributed by atoms with Gasteiger partial charge in [0.25, 0.3) is 0 Å². The highest BCUT2D eigenvalue weighted by Gasteiger charge is 2.20. The van der Waals surface area contributed by atoms with Gasteiger partial charge in [0, 0.05) is 5.69 Å². The first-order valence-electron chi connectivity index (χ1n) is 7.96. The summed E-state index contributed by atoms with van der Waals surface area (Å²) < 4.78 is 2.21. The van der Waals surface area contributed by atoms with Gasteiger partial charge >= 0.3 is 0 Å². The molecule has 1 aliphatic carbocycles. The fraction of sp³-hybridized carbons (Fsp3) is 0.500. The molecule has 1 aromatic carbocycles. The second-order valence-electron chi connectivity index (χ2n) is 5.93. The van der Waals surface area contributed by atoms with Gasteiger partial charge in [-0.1, -0.05) is 31.0 Å². The number of hydrogen-bond acceptors (Lipinski definition) is 1. The van der Waals surface area contributed by atoms with E-state index < -0.39 is 0 Å². The maximum absolute atomic E-state index is 4.92. The van der Waals surface area contributed by atoms with Crippen LogP contribution in [0.15, 0.2) is 24.3 Å². The van der Waals surface area contributed by atoms with Crippen molar-refractivity contribution in [1.29, 1.82) is 0 Å². The van der Waals surface area contributed by atoms with Crippen LogP contribution in [0.4, 0.5) is 0 Å². The number of aryl methyl sites for hydroxylation is 2. The molecular weight excluding hydrogens is 244 g/mol. The lowest BCUT2D eigenvalue weighted by molar-refractivity contribution is 0.669. The van der Waals surface area contributed by atoms with Crippen LogP contribution < -0.4 is 0 Å². The molecule has 0 saturated heterocycles. The summed E-state index contributed by atoms with van der Waals surface area (Å²) >= 11 is 0. The Balaban J connectivity index is 2.04. The van der Waals surface area contributed by atoms with Gasteiger partial charge in [-0.05, 0) is 63.1 Å². The van der Waals surface area contributed by atoms with Crippen LogP contribution in [0.2, 0.25) is 0 Å². The lowest BCUT2D eigenvalue weighted by Crippen LogP contribution is -2.04. The Kier molecular flexibility index (Phi) is 3.90. The molecule has 0 aliphatic heterocycles. The lowest BCUT2D eigenvalue weighted by atomic mass is 9.94. The van der Waals surface area contributed by atoms with Crippen LogP contribution >= 0.6 is 0 Å². The van der Waals surface area contributed by atoms with E-state index >= 15 is 0 Å². The topological polar surface area (TPSA) is 17.8 Å². The Morgan fingerprint density at radius 1 is 1.10 bits per heavy atom. The summed E-state index contributed by atoms with van der Waals surface area (Å²) in [6.45, 7) is 4.40. The number of fused-ring (bicyclic) bond motifs is 1. The predicted octanol–water partition coefficient (Wildman–Crippen LogP) is 4.40. The van der Waals surface area contributed by atoms with Gasteiger partial charge in [-0.15, -0.1) is 0 Å². The molecule has 0 radical (unpaired) electrons. The molecule has 0 atom stereocenters. The first-order chi connectivity index (χ1) is 9.79. The first-order valence-corrected chi connectivity index (χ1v) is 7.96. The highest BCUT2D eigenvalue weighted by molar-refractivity contribution is 5.40. The van der Waals surface area contributed by atoms with Crippen LogP contribution in [0.3, 0.4) is 0 Å². The van der Waals surface area contributed by atoms with Crippen LogP contribution in [0.5, 0.6) is 0 Å². The average Bonchev–Trinajstić information content (AvgIpc) is 2.84. The molecule has 2 heteroatoms. The largest absolute Gasteiger partial charge is 0.237 e. The highest BCUT2D eigenvalue weighted by atomic mass is 15.3. The molecule has 0 N–H and O–H groups in total. The van der Waals surface area contributed by atoms with Gasteiger partial charge in [0.15, 0.2) is 0 Å². The summed E-state index contributed by atoms with van der Waals surface area (Å²) in [7, 11) is 0. The molecule has 0 saturated carbocycles. The van der Waals surface area contributed by atoms with E-state index in [0.29, 0.717) is 0 Å². The maximum atomic E-state index is 4.92. The molecule has 0 unspecified atom stereocenters. The fourth-order valence-corrected chi connectivity index (χ4v) is 3.12. The lowest BCUT2D eigenvalue weighted by Gasteiger charge is -2.12. The third-order valence-electron chi connectivity index (χ3n) is 4.31. The highest BCUT2D eigenvalue weighted by Crippen LogP contribution is 2.27. The van der Waals surface area contributed by atoms with Crippen molar-refractivity contribution in [3.8, 4) is 5.69 Å². The van der Waals surface area contributed by atoms with E-state index in [0.717, 1.165) is 12.8 Å². The standard InChI is InChI=1S/C18H24N2/c1-3-4-9-18-16-7-5-6-8-17(16)19-20(18)15-12-10-14(2)11-13-15/h10-13H,3-9H2,1-2H3. The number of rotatable bonds is 4. The van der Waals surface area contributed by atoms with Crippen molar-refractivity contribution in [2.45, 2.75) is 58.8 Å². The van der Waals surface area contributed by atoms with Crippen molar-refractivity contribution in [3.63, 3.8) is 0 Å². The summed E-state index contributed by atoms with van der Waals surface area (Å²) in [4.78, 5) is 0. The Morgan fingerprint density at radius 3 is 2.60 bits per heavy atom.